The first-order valence-electron chi connectivity index (χ1n) is 6.89. The molecule has 6 nitrogen and oxygen atoms in total. The molecule has 6 heteroatoms. The normalized spacial score (nSPS) is 11.4. The Morgan fingerprint density at radius 2 is 2.09 bits per heavy atom. The average Bonchev–Trinajstić information content (AvgIpc) is 3.01. The first kappa shape index (κ1) is 14.1. The number of anilines is 1. The second kappa shape index (κ2) is 5.48. The Hall–Kier alpha value is -2.89. The van der Waals surface area contributed by atoms with Gasteiger partial charge in [-0.25, -0.2) is 4.98 Å². The van der Waals surface area contributed by atoms with Crippen LogP contribution in [-0.2, 0) is 11.8 Å². The lowest BCUT2D eigenvalue weighted by molar-refractivity contribution is -0.111. The van der Waals surface area contributed by atoms with Crippen molar-refractivity contribution >= 4 is 28.8 Å². The zero-order valence-corrected chi connectivity index (χ0v) is 12.6. The Kier molecular flexibility index (Phi) is 3.50. The highest BCUT2D eigenvalue weighted by atomic mass is 16.3. The van der Waals surface area contributed by atoms with E-state index in [1.165, 1.54) is 6.08 Å². The summed E-state index contributed by atoms with van der Waals surface area (Å²) >= 11 is 0. The van der Waals surface area contributed by atoms with Crippen molar-refractivity contribution in [3.63, 3.8) is 0 Å². The lowest BCUT2D eigenvalue weighted by Crippen LogP contribution is -2.09. The largest absolute Gasteiger partial charge is 0.437 e. The van der Waals surface area contributed by atoms with Crippen molar-refractivity contribution < 1.29 is 9.21 Å². The maximum absolute atomic E-state index is 12.0. The third kappa shape index (κ3) is 2.63. The van der Waals surface area contributed by atoms with Crippen LogP contribution >= 0.6 is 0 Å². The topological polar surface area (TPSA) is 73.0 Å². The van der Waals surface area contributed by atoms with Crippen LogP contribution < -0.4 is 5.32 Å². The van der Waals surface area contributed by atoms with E-state index in [0.717, 1.165) is 22.6 Å². The Balaban J connectivity index is 1.76. The highest BCUT2D eigenvalue weighted by molar-refractivity contribution is 6.02. The monoisotopic (exact) mass is 296 g/mol. The molecule has 3 aromatic rings. The highest BCUT2D eigenvalue weighted by Gasteiger charge is 2.11. The van der Waals surface area contributed by atoms with Gasteiger partial charge < -0.3 is 9.73 Å². The molecule has 0 saturated heterocycles. The number of amides is 1. The van der Waals surface area contributed by atoms with Crippen LogP contribution in [0.4, 0.5) is 5.69 Å². The molecule has 0 fully saturated rings. The smallest absolute Gasteiger partial charge is 0.248 e. The van der Waals surface area contributed by atoms with Gasteiger partial charge in [0.25, 0.3) is 0 Å². The molecule has 1 aromatic carbocycles. The number of hydrogen-bond donors (Lipinski definition) is 1. The Labute approximate surface area is 127 Å². The number of hydrogen-bond acceptors (Lipinski definition) is 4. The second-order valence-corrected chi connectivity index (χ2v) is 5.01. The minimum atomic E-state index is -0.249. The molecular weight excluding hydrogens is 280 g/mol. The van der Waals surface area contributed by atoms with Gasteiger partial charge in [-0.2, -0.15) is 5.10 Å². The summed E-state index contributed by atoms with van der Waals surface area (Å²) in [4.78, 5) is 16.3. The summed E-state index contributed by atoms with van der Waals surface area (Å²) in [7, 11) is 1.84. The molecule has 0 unspecified atom stereocenters. The fraction of sp³-hybridized carbons (Fsp3) is 0.188. The average molecular weight is 296 g/mol. The molecule has 0 radical (unpaired) electrons. The molecule has 112 valence electrons. The van der Waals surface area contributed by atoms with Gasteiger partial charge in [0, 0.05) is 19.2 Å². The molecule has 2 heterocycles. The molecule has 2 aromatic heterocycles. The van der Waals surface area contributed by atoms with Crippen LogP contribution in [0, 0.1) is 13.8 Å². The Bertz CT molecular complexity index is 841. The number of fused-ring (bicyclic) bond motifs is 1. The van der Waals surface area contributed by atoms with E-state index >= 15 is 0 Å². The van der Waals surface area contributed by atoms with Crippen molar-refractivity contribution in [2.24, 2.45) is 7.05 Å². The van der Waals surface area contributed by atoms with E-state index in [9.17, 15) is 4.79 Å². The van der Waals surface area contributed by atoms with E-state index in [1.54, 1.807) is 10.8 Å². The minimum absolute atomic E-state index is 0.249. The van der Waals surface area contributed by atoms with Gasteiger partial charge in [0.05, 0.1) is 17.1 Å². The number of oxazole rings is 1. The summed E-state index contributed by atoms with van der Waals surface area (Å²) in [5.41, 5.74) is 3.88. The first-order valence-corrected chi connectivity index (χ1v) is 6.89. The van der Waals surface area contributed by atoms with Gasteiger partial charge in [-0.05, 0) is 26.0 Å². The summed E-state index contributed by atoms with van der Waals surface area (Å²) in [5.74, 6) is 0.150. The van der Waals surface area contributed by atoms with Gasteiger partial charge in [-0.15, -0.1) is 0 Å². The van der Waals surface area contributed by atoms with E-state index in [1.807, 2.05) is 45.2 Å². The second-order valence-electron chi connectivity index (χ2n) is 5.01. The Morgan fingerprint density at radius 3 is 2.77 bits per heavy atom. The summed E-state index contributed by atoms with van der Waals surface area (Å²) in [5, 5.41) is 7.08. The van der Waals surface area contributed by atoms with Gasteiger partial charge in [-0.3, -0.25) is 9.48 Å². The Morgan fingerprint density at radius 1 is 1.32 bits per heavy atom. The minimum Gasteiger partial charge on any atom is -0.437 e. The zero-order valence-electron chi connectivity index (χ0n) is 12.6. The number of rotatable bonds is 3. The van der Waals surface area contributed by atoms with E-state index in [-0.39, 0.29) is 5.91 Å². The number of carbonyl (C=O) groups is 1. The summed E-state index contributed by atoms with van der Waals surface area (Å²) in [6, 6.07) is 7.46. The van der Waals surface area contributed by atoms with Crippen LogP contribution in [0.25, 0.3) is 17.2 Å². The zero-order chi connectivity index (χ0) is 15.7. The molecular formula is C16H16N4O2. The van der Waals surface area contributed by atoms with Gasteiger partial charge in [-0.1, -0.05) is 12.1 Å². The summed E-state index contributed by atoms with van der Waals surface area (Å²) in [6.45, 7) is 3.76. The molecule has 0 bridgehead atoms. The van der Waals surface area contributed by atoms with Gasteiger partial charge >= 0.3 is 0 Å². The van der Waals surface area contributed by atoms with Crippen molar-refractivity contribution in [3.05, 3.63) is 47.6 Å². The molecule has 0 spiro atoms. The van der Waals surface area contributed by atoms with Crippen LogP contribution in [0.3, 0.4) is 0 Å². The number of nitrogens with zero attached hydrogens (tertiary/aromatic N) is 3. The van der Waals surface area contributed by atoms with Crippen LogP contribution in [0.5, 0.6) is 0 Å². The van der Waals surface area contributed by atoms with Crippen molar-refractivity contribution in [3.8, 4) is 0 Å². The fourth-order valence-corrected chi connectivity index (χ4v) is 2.23. The van der Waals surface area contributed by atoms with Crippen molar-refractivity contribution in [2.75, 3.05) is 5.32 Å². The van der Waals surface area contributed by atoms with Crippen molar-refractivity contribution in [1.29, 1.82) is 0 Å². The number of aryl methyl sites for hydroxylation is 2. The number of nitrogens with one attached hydrogen (secondary N) is 1. The maximum Gasteiger partial charge on any atom is 0.248 e. The molecule has 22 heavy (non-hydrogen) atoms. The molecule has 0 aliphatic rings. The molecule has 0 atom stereocenters. The number of aromatic nitrogens is 3. The number of carbonyl (C=O) groups excluding carboxylic acids is 1. The van der Waals surface area contributed by atoms with Gasteiger partial charge in [0.2, 0.25) is 11.8 Å². The van der Waals surface area contributed by atoms with Crippen molar-refractivity contribution in [1.82, 2.24) is 14.8 Å². The molecule has 1 amide bonds. The number of para-hydroxylation sites is 2. The summed E-state index contributed by atoms with van der Waals surface area (Å²) in [6.07, 6.45) is 2.95. The predicted octanol–water partition coefficient (Wildman–Crippen LogP) is 2.83. The fourth-order valence-electron chi connectivity index (χ4n) is 2.23. The van der Waals surface area contributed by atoms with Crippen LogP contribution in [0.1, 0.15) is 17.3 Å². The summed E-state index contributed by atoms with van der Waals surface area (Å²) < 4.78 is 7.26. The predicted molar refractivity (Wildman–Crippen MR) is 84.4 cm³/mol. The van der Waals surface area contributed by atoms with Gasteiger partial charge in [0.1, 0.15) is 5.52 Å². The van der Waals surface area contributed by atoms with Crippen LogP contribution in [-0.4, -0.2) is 20.7 Å². The van der Waals surface area contributed by atoms with E-state index in [4.69, 9.17) is 4.42 Å². The van der Waals surface area contributed by atoms with Crippen molar-refractivity contribution in [2.45, 2.75) is 13.8 Å². The van der Waals surface area contributed by atoms with Crippen LogP contribution in [0.2, 0.25) is 0 Å². The lowest BCUT2D eigenvalue weighted by atomic mass is 10.3. The quantitative estimate of drug-likeness (QED) is 0.754. The van der Waals surface area contributed by atoms with E-state index < -0.39 is 0 Å². The highest BCUT2D eigenvalue weighted by Crippen LogP contribution is 2.19. The lowest BCUT2D eigenvalue weighted by Gasteiger charge is -2.01. The maximum atomic E-state index is 12.0. The molecule has 0 aliphatic carbocycles. The molecule has 0 saturated carbocycles. The standard InChI is InChI=1S/C16H16N4O2/c1-10-16(11(2)20(3)19-10)18-14(21)8-9-15-17-12-6-4-5-7-13(12)22-15/h4-9H,1-3H3,(H,18,21)/b9-8+. The molecule has 3 rings (SSSR count). The van der Waals surface area contributed by atoms with Crippen LogP contribution in [0.15, 0.2) is 34.8 Å². The molecule has 0 aliphatic heterocycles. The number of benzene rings is 1. The SMILES string of the molecule is Cc1nn(C)c(C)c1NC(=O)/C=C/c1nc2ccccc2o1. The third-order valence-corrected chi connectivity index (χ3v) is 3.44. The molecule has 1 N–H and O–H groups in total. The first-order chi connectivity index (χ1) is 10.5. The van der Waals surface area contributed by atoms with E-state index in [0.29, 0.717) is 11.5 Å². The third-order valence-electron chi connectivity index (χ3n) is 3.44. The van der Waals surface area contributed by atoms with E-state index in [2.05, 4.69) is 15.4 Å². The van der Waals surface area contributed by atoms with Gasteiger partial charge in [0.15, 0.2) is 5.58 Å².